The van der Waals surface area contributed by atoms with Crippen molar-refractivity contribution >= 4 is 10.0 Å². The van der Waals surface area contributed by atoms with E-state index in [0.717, 1.165) is 31.5 Å². The van der Waals surface area contributed by atoms with E-state index < -0.39 is 10.0 Å². The Morgan fingerprint density at radius 2 is 1.74 bits per heavy atom. The van der Waals surface area contributed by atoms with Crippen molar-refractivity contribution in [2.24, 2.45) is 0 Å². The summed E-state index contributed by atoms with van der Waals surface area (Å²) in [7, 11) is -1.72. The molecule has 0 saturated carbocycles. The minimum Gasteiger partial charge on any atom is -0.316 e. The molecule has 0 heterocycles. The molecular formula is C14H24N2O2S. The van der Waals surface area contributed by atoms with E-state index >= 15 is 0 Å². The first kappa shape index (κ1) is 16.1. The van der Waals surface area contributed by atoms with Crippen LogP contribution in [0.3, 0.4) is 0 Å². The molecule has 1 aromatic rings. The highest BCUT2D eigenvalue weighted by atomic mass is 32.2. The van der Waals surface area contributed by atoms with Gasteiger partial charge in [-0.1, -0.05) is 26.0 Å². The molecule has 0 aromatic heterocycles. The summed E-state index contributed by atoms with van der Waals surface area (Å²) in [6.07, 6.45) is 2.05. The zero-order chi connectivity index (χ0) is 14.3. The summed E-state index contributed by atoms with van der Waals surface area (Å²) in [4.78, 5) is 0.363. The van der Waals surface area contributed by atoms with Crippen molar-refractivity contribution in [3.05, 3.63) is 29.8 Å². The molecule has 5 heteroatoms. The lowest BCUT2D eigenvalue weighted by molar-refractivity contribution is 0.486. The Morgan fingerprint density at radius 3 is 2.26 bits per heavy atom. The van der Waals surface area contributed by atoms with Crippen molar-refractivity contribution < 1.29 is 8.42 Å². The van der Waals surface area contributed by atoms with Crippen LogP contribution in [-0.2, 0) is 16.4 Å². The average molecular weight is 284 g/mol. The van der Waals surface area contributed by atoms with Crippen molar-refractivity contribution in [2.45, 2.75) is 31.6 Å². The van der Waals surface area contributed by atoms with E-state index in [0.29, 0.717) is 11.4 Å². The predicted octanol–water partition coefficient (Wildman–Crippen LogP) is 1.87. The molecule has 108 valence electrons. The van der Waals surface area contributed by atoms with Gasteiger partial charge in [-0.05, 0) is 43.6 Å². The molecule has 0 radical (unpaired) electrons. The standard InChI is InChI=1S/C14H24N2O2S/c1-4-11-15-12-10-13-6-8-14(9-7-13)19(17,18)16(3)5-2/h6-9,15H,4-5,10-12H2,1-3H3. The third kappa shape index (κ3) is 4.60. The Hall–Kier alpha value is -0.910. The third-order valence-electron chi connectivity index (χ3n) is 3.09. The second-order valence-electron chi connectivity index (χ2n) is 4.56. The summed E-state index contributed by atoms with van der Waals surface area (Å²) < 4.78 is 25.5. The molecule has 1 N–H and O–H groups in total. The fraction of sp³-hybridized carbons (Fsp3) is 0.571. The third-order valence-corrected chi connectivity index (χ3v) is 5.04. The van der Waals surface area contributed by atoms with Gasteiger partial charge in [0.25, 0.3) is 0 Å². The molecule has 0 aliphatic heterocycles. The van der Waals surface area contributed by atoms with Crippen LogP contribution in [0.25, 0.3) is 0 Å². The van der Waals surface area contributed by atoms with Crippen molar-refractivity contribution in [2.75, 3.05) is 26.7 Å². The lowest BCUT2D eigenvalue weighted by atomic mass is 10.1. The summed E-state index contributed by atoms with van der Waals surface area (Å²) in [5.74, 6) is 0. The van der Waals surface area contributed by atoms with Gasteiger partial charge in [-0.3, -0.25) is 0 Å². The lowest BCUT2D eigenvalue weighted by Crippen LogP contribution is -2.26. The number of hydrogen-bond acceptors (Lipinski definition) is 3. The molecule has 0 aliphatic carbocycles. The van der Waals surface area contributed by atoms with Gasteiger partial charge in [-0.15, -0.1) is 0 Å². The molecule has 0 aliphatic rings. The first-order valence-electron chi connectivity index (χ1n) is 6.78. The van der Waals surface area contributed by atoms with Crippen molar-refractivity contribution in [3.63, 3.8) is 0 Å². The van der Waals surface area contributed by atoms with E-state index in [1.165, 1.54) is 4.31 Å². The number of hydrogen-bond donors (Lipinski definition) is 1. The fourth-order valence-corrected chi connectivity index (χ4v) is 2.89. The second-order valence-corrected chi connectivity index (χ2v) is 6.61. The van der Waals surface area contributed by atoms with Crippen LogP contribution in [0.4, 0.5) is 0 Å². The van der Waals surface area contributed by atoms with Gasteiger partial charge in [0.1, 0.15) is 0 Å². The highest BCUT2D eigenvalue weighted by molar-refractivity contribution is 7.89. The normalized spacial score (nSPS) is 12.0. The minimum atomic E-state index is -3.32. The summed E-state index contributed by atoms with van der Waals surface area (Å²) >= 11 is 0. The molecule has 0 amide bonds. The minimum absolute atomic E-state index is 0.363. The van der Waals surface area contributed by atoms with Gasteiger partial charge < -0.3 is 5.32 Å². The van der Waals surface area contributed by atoms with E-state index in [2.05, 4.69) is 12.2 Å². The highest BCUT2D eigenvalue weighted by Crippen LogP contribution is 2.15. The van der Waals surface area contributed by atoms with E-state index in [1.54, 1.807) is 19.2 Å². The van der Waals surface area contributed by atoms with E-state index in [1.807, 2.05) is 19.1 Å². The largest absolute Gasteiger partial charge is 0.316 e. The first-order valence-corrected chi connectivity index (χ1v) is 8.22. The van der Waals surface area contributed by atoms with Gasteiger partial charge in [0, 0.05) is 13.6 Å². The maximum atomic E-state index is 12.1. The smallest absolute Gasteiger partial charge is 0.242 e. The van der Waals surface area contributed by atoms with Crippen LogP contribution in [0.5, 0.6) is 0 Å². The summed E-state index contributed by atoms with van der Waals surface area (Å²) in [6, 6.07) is 7.17. The zero-order valence-electron chi connectivity index (χ0n) is 12.0. The van der Waals surface area contributed by atoms with Crippen LogP contribution in [-0.4, -0.2) is 39.4 Å². The van der Waals surface area contributed by atoms with Gasteiger partial charge in [-0.2, -0.15) is 0 Å². The molecule has 0 saturated heterocycles. The van der Waals surface area contributed by atoms with Gasteiger partial charge in [0.2, 0.25) is 10.0 Å². The summed E-state index contributed by atoms with van der Waals surface area (Å²) in [5, 5.41) is 3.33. The number of nitrogens with one attached hydrogen (secondary N) is 1. The zero-order valence-corrected chi connectivity index (χ0v) is 12.8. The number of benzene rings is 1. The first-order chi connectivity index (χ1) is 9.02. The van der Waals surface area contributed by atoms with Crippen molar-refractivity contribution in [3.8, 4) is 0 Å². The SMILES string of the molecule is CCCNCCc1ccc(S(=O)(=O)N(C)CC)cc1. The van der Waals surface area contributed by atoms with Gasteiger partial charge >= 0.3 is 0 Å². The van der Waals surface area contributed by atoms with E-state index in [9.17, 15) is 8.42 Å². The van der Waals surface area contributed by atoms with E-state index in [4.69, 9.17) is 0 Å². The van der Waals surface area contributed by atoms with Crippen molar-refractivity contribution in [1.82, 2.24) is 9.62 Å². The lowest BCUT2D eigenvalue weighted by Gasteiger charge is -2.15. The summed E-state index contributed by atoms with van der Waals surface area (Å²) in [5.41, 5.74) is 1.15. The topological polar surface area (TPSA) is 49.4 Å². The molecule has 0 atom stereocenters. The number of nitrogens with zero attached hydrogens (tertiary/aromatic N) is 1. The van der Waals surface area contributed by atoms with E-state index in [-0.39, 0.29) is 0 Å². The van der Waals surface area contributed by atoms with Crippen LogP contribution in [0.15, 0.2) is 29.2 Å². The maximum absolute atomic E-state index is 12.1. The Balaban J connectivity index is 2.66. The Labute approximate surface area is 116 Å². The molecular weight excluding hydrogens is 260 g/mol. The van der Waals surface area contributed by atoms with Crippen LogP contribution in [0.2, 0.25) is 0 Å². The molecule has 0 fully saturated rings. The maximum Gasteiger partial charge on any atom is 0.242 e. The monoisotopic (exact) mass is 284 g/mol. The quantitative estimate of drug-likeness (QED) is 0.741. The van der Waals surface area contributed by atoms with Crippen LogP contribution >= 0.6 is 0 Å². The predicted molar refractivity (Wildman–Crippen MR) is 78.8 cm³/mol. The van der Waals surface area contributed by atoms with Gasteiger partial charge in [0.15, 0.2) is 0 Å². The van der Waals surface area contributed by atoms with Crippen LogP contribution < -0.4 is 5.32 Å². The molecule has 0 spiro atoms. The molecule has 1 rings (SSSR count). The van der Waals surface area contributed by atoms with Gasteiger partial charge in [-0.25, -0.2) is 12.7 Å². The second kappa shape index (κ2) is 7.62. The number of rotatable bonds is 8. The van der Waals surface area contributed by atoms with Crippen LogP contribution in [0.1, 0.15) is 25.8 Å². The molecule has 0 bridgehead atoms. The Bertz CT molecular complexity index is 469. The summed E-state index contributed by atoms with van der Waals surface area (Å²) in [6.45, 7) is 6.38. The number of sulfonamides is 1. The molecule has 19 heavy (non-hydrogen) atoms. The molecule has 1 aromatic carbocycles. The molecule has 0 unspecified atom stereocenters. The van der Waals surface area contributed by atoms with Crippen molar-refractivity contribution in [1.29, 1.82) is 0 Å². The fourth-order valence-electron chi connectivity index (χ4n) is 1.71. The van der Waals surface area contributed by atoms with Crippen LogP contribution in [0, 0.1) is 0 Å². The highest BCUT2D eigenvalue weighted by Gasteiger charge is 2.18. The average Bonchev–Trinajstić information content (AvgIpc) is 2.43. The Kier molecular flexibility index (Phi) is 6.48. The molecule has 4 nitrogen and oxygen atoms in total. The van der Waals surface area contributed by atoms with Gasteiger partial charge in [0.05, 0.1) is 4.90 Å². The Morgan fingerprint density at radius 1 is 1.11 bits per heavy atom.